The molecule has 1 unspecified atom stereocenters. The molecule has 0 radical (unpaired) electrons. The van der Waals surface area contributed by atoms with E-state index in [0.29, 0.717) is 19.3 Å². The molecule has 0 aromatic carbocycles. The predicted octanol–water partition coefficient (Wildman–Crippen LogP) is 2.72. The normalized spacial score (nSPS) is 26.2. The number of unbranched alkanes of at least 4 members (excludes halogenated alkanes) is 2. The zero-order chi connectivity index (χ0) is 13.2. The molecule has 2 N–H and O–H groups in total. The fourth-order valence-electron chi connectivity index (χ4n) is 2.47. The first-order chi connectivity index (χ1) is 8.72. The maximum atomic E-state index is 9.80. The van der Waals surface area contributed by atoms with Gasteiger partial charge in [0.05, 0.1) is 18.8 Å². The molecule has 1 fully saturated rings. The van der Waals surface area contributed by atoms with E-state index in [-0.39, 0.29) is 6.10 Å². The average Bonchev–Trinajstić information content (AvgIpc) is 2.38. The summed E-state index contributed by atoms with van der Waals surface area (Å²) in [5, 5.41) is 13.1. The van der Waals surface area contributed by atoms with E-state index in [1.807, 2.05) is 0 Å². The number of ether oxygens (including phenoxy) is 1. The Balaban J connectivity index is 1.94. The standard InChI is InChI=1S/C15H31NO2/c1-3-4-5-10-16-11-14(17)12-18-15-8-6-13(2)7-9-15/h13-17H,3-12H2,1-2H3. The molecule has 0 bridgehead atoms. The van der Waals surface area contributed by atoms with Gasteiger partial charge in [0.1, 0.15) is 0 Å². The van der Waals surface area contributed by atoms with Crippen LogP contribution in [0.25, 0.3) is 0 Å². The van der Waals surface area contributed by atoms with E-state index in [9.17, 15) is 5.11 Å². The summed E-state index contributed by atoms with van der Waals surface area (Å²) in [6.07, 6.45) is 8.61. The van der Waals surface area contributed by atoms with Gasteiger partial charge in [-0.15, -0.1) is 0 Å². The van der Waals surface area contributed by atoms with E-state index >= 15 is 0 Å². The van der Waals surface area contributed by atoms with E-state index in [2.05, 4.69) is 19.2 Å². The smallest absolute Gasteiger partial charge is 0.0897 e. The number of hydrogen-bond donors (Lipinski definition) is 2. The van der Waals surface area contributed by atoms with Gasteiger partial charge in [-0.25, -0.2) is 0 Å². The lowest BCUT2D eigenvalue weighted by atomic mass is 9.89. The Morgan fingerprint density at radius 3 is 2.61 bits per heavy atom. The van der Waals surface area contributed by atoms with Gasteiger partial charge < -0.3 is 15.2 Å². The van der Waals surface area contributed by atoms with Gasteiger partial charge in [-0.05, 0) is 44.6 Å². The molecule has 1 rings (SSSR count). The van der Waals surface area contributed by atoms with Crippen LogP contribution < -0.4 is 5.32 Å². The third kappa shape index (κ3) is 7.34. The molecule has 0 aromatic heterocycles. The minimum atomic E-state index is -0.356. The van der Waals surface area contributed by atoms with E-state index < -0.39 is 0 Å². The van der Waals surface area contributed by atoms with Crippen molar-refractivity contribution >= 4 is 0 Å². The number of aliphatic hydroxyl groups is 1. The van der Waals surface area contributed by atoms with Gasteiger partial charge in [0.2, 0.25) is 0 Å². The average molecular weight is 257 g/mol. The largest absolute Gasteiger partial charge is 0.389 e. The van der Waals surface area contributed by atoms with Gasteiger partial charge in [0.25, 0.3) is 0 Å². The molecule has 1 atom stereocenters. The zero-order valence-corrected chi connectivity index (χ0v) is 12.2. The zero-order valence-electron chi connectivity index (χ0n) is 12.2. The quantitative estimate of drug-likeness (QED) is 0.624. The van der Waals surface area contributed by atoms with Crippen LogP contribution in [0.2, 0.25) is 0 Å². The Hall–Kier alpha value is -0.120. The lowest BCUT2D eigenvalue weighted by Gasteiger charge is -2.27. The van der Waals surface area contributed by atoms with Crippen LogP contribution in [0.15, 0.2) is 0 Å². The molecule has 18 heavy (non-hydrogen) atoms. The molecule has 3 heteroatoms. The minimum absolute atomic E-state index is 0.356. The topological polar surface area (TPSA) is 41.5 Å². The van der Waals surface area contributed by atoms with Crippen molar-refractivity contribution in [3.05, 3.63) is 0 Å². The SMILES string of the molecule is CCCCCNCC(O)COC1CCC(C)CC1. The van der Waals surface area contributed by atoms with E-state index in [0.717, 1.165) is 25.3 Å². The second-order valence-corrected chi connectivity index (χ2v) is 5.78. The first-order valence-corrected chi connectivity index (χ1v) is 7.72. The molecule has 3 nitrogen and oxygen atoms in total. The lowest BCUT2D eigenvalue weighted by Crippen LogP contribution is -2.33. The molecular formula is C15H31NO2. The van der Waals surface area contributed by atoms with Crippen molar-refractivity contribution in [2.24, 2.45) is 5.92 Å². The Bertz CT molecular complexity index is 191. The summed E-state index contributed by atoms with van der Waals surface area (Å²) in [7, 11) is 0. The summed E-state index contributed by atoms with van der Waals surface area (Å²) in [5.41, 5.74) is 0. The monoisotopic (exact) mass is 257 g/mol. The second kappa shape index (κ2) is 9.76. The van der Waals surface area contributed by atoms with Crippen molar-refractivity contribution in [2.45, 2.75) is 71.0 Å². The van der Waals surface area contributed by atoms with Crippen LogP contribution in [0, 0.1) is 5.92 Å². The fraction of sp³-hybridized carbons (Fsp3) is 1.00. The number of hydrogen-bond acceptors (Lipinski definition) is 3. The Labute approximate surface area is 112 Å². The van der Waals surface area contributed by atoms with Crippen molar-refractivity contribution in [1.82, 2.24) is 5.32 Å². The molecule has 1 aliphatic rings. The van der Waals surface area contributed by atoms with Crippen LogP contribution in [-0.4, -0.2) is 37.0 Å². The highest BCUT2D eigenvalue weighted by atomic mass is 16.5. The molecular weight excluding hydrogens is 226 g/mol. The highest BCUT2D eigenvalue weighted by molar-refractivity contribution is 4.71. The van der Waals surface area contributed by atoms with Gasteiger partial charge >= 0.3 is 0 Å². The van der Waals surface area contributed by atoms with Gasteiger partial charge in [0.15, 0.2) is 0 Å². The summed E-state index contributed by atoms with van der Waals surface area (Å²) < 4.78 is 5.78. The van der Waals surface area contributed by atoms with Crippen molar-refractivity contribution in [2.75, 3.05) is 19.7 Å². The van der Waals surface area contributed by atoms with Crippen molar-refractivity contribution < 1.29 is 9.84 Å². The summed E-state index contributed by atoms with van der Waals surface area (Å²) in [5.74, 6) is 0.856. The maximum absolute atomic E-state index is 9.80. The van der Waals surface area contributed by atoms with Gasteiger partial charge in [-0.3, -0.25) is 0 Å². The van der Waals surface area contributed by atoms with E-state index in [1.165, 1.54) is 32.1 Å². The highest BCUT2D eigenvalue weighted by Crippen LogP contribution is 2.25. The summed E-state index contributed by atoms with van der Waals surface area (Å²) in [6.45, 7) is 6.66. The Morgan fingerprint density at radius 1 is 1.22 bits per heavy atom. The van der Waals surface area contributed by atoms with Crippen molar-refractivity contribution in [3.8, 4) is 0 Å². The maximum Gasteiger partial charge on any atom is 0.0897 e. The van der Waals surface area contributed by atoms with Crippen LogP contribution in [0.1, 0.15) is 58.8 Å². The van der Waals surface area contributed by atoms with Crippen LogP contribution >= 0.6 is 0 Å². The molecule has 0 amide bonds. The summed E-state index contributed by atoms with van der Waals surface area (Å²) in [6, 6.07) is 0. The second-order valence-electron chi connectivity index (χ2n) is 5.78. The third-order valence-electron chi connectivity index (χ3n) is 3.82. The molecule has 0 saturated heterocycles. The van der Waals surface area contributed by atoms with Crippen LogP contribution in [-0.2, 0) is 4.74 Å². The predicted molar refractivity (Wildman–Crippen MR) is 75.8 cm³/mol. The highest BCUT2D eigenvalue weighted by Gasteiger charge is 2.19. The van der Waals surface area contributed by atoms with Crippen LogP contribution in [0.3, 0.4) is 0 Å². The number of rotatable bonds is 9. The van der Waals surface area contributed by atoms with Gasteiger partial charge in [-0.1, -0.05) is 26.7 Å². The Kier molecular flexibility index (Phi) is 8.64. The first-order valence-electron chi connectivity index (χ1n) is 7.72. The molecule has 0 aromatic rings. The molecule has 0 aliphatic heterocycles. The van der Waals surface area contributed by atoms with E-state index in [4.69, 9.17) is 4.74 Å². The molecule has 0 heterocycles. The Morgan fingerprint density at radius 2 is 1.94 bits per heavy atom. The summed E-state index contributed by atoms with van der Waals surface area (Å²) >= 11 is 0. The summed E-state index contributed by atoms with van der Waals surface area (Å²) in [4.78, 5) is 0. The first kappa shape index (κ1) is 15.9. The van der Waals surface area contributed by atoms with Crippen molar-refractivity contribution in [3.63, 3.8) is 0 Å². The fourth-order valence-corrected chi connectivity index (χ4v) is 2.47. The number of aliphatic hydroxyl groups excluding tert-OH is 1. The van der Waals surface area contributed by atoms with Crippen molar-refractivity contribution in [1.29, 1.82) is 0 Å². The van der Waals surface area contributed by atoms with Gasteiger partial charge in [-0.2, -0.15) is 0 Å². The number of nitrogens with one attached hydrogen (secondary N) is 1. The molecule has 1 saturated carbocycles. The molecule has 0 spiro atoms. The van der Waals surface area contributed by atoms with Crippen LogP contribution in [0.5, 0.6) is 0 Å². The van der Waals surface area contributed by atoms with Gasteiger partial charge in [0, 0.05) is 6.54 Å². The van der Waals surface area contributed by atoms with Crippen LogP contribution in [0.4, 0.5) is 0 Å². The van der Waals surface area contributed by atoms with E-state index in [1.54, 1.807) is 0 Å². The minimum Gasteiger partial charge on any atom is -0.389 e. The molecule has 108 valence electrons. The lowest BCUT2D eigenvalue weighted by molar-refractivity contribution is -0.0277. The third-order valence-corrected chi connectivity index (χ3v) is 3.82. The molecule has 1 aliphatic carbocycles.